The quantitative estimate of drug-likeness (QED) is 0.339. The number of aliphatic hydroxyl groups is 1. The molecule has 0 aliphatic rings. The number of rotatable bonds is 6. The van der Waals surface area contributed by atoms with Gasteiger partial charge in [0, 0.05) is 21.2 Å². The number of thiophene rings is 1. The van der Waals surface area contributed by atoms with E-state index in [-0.39, 0.29) is 11.6 Å². The van der Waals surface area contributed by atoms with Gasteiger partial charge in [-0.3, -0.25) is 9.59 Å². The summed E-state index contributed by atoms with van der Waals surface area (Å²) in [5, 5.41) is 11.2. The van der Waals surface area contributed by atoms with E-state index in [4.69, 9.17) is 16.3 Å². The number of benzene rings is 3. The summed E-state index contributed by atoms with van der Waals surface area (Å²) in [7, 11) is 0. The van der Waals surface area contributed by atoms with Crippen molar-refractivity contribution in [3.05, 3.63) is 93.8 Å². The van der Waals surface area contributed by atoms with Crippen molar-refractivity contribution in [2.24, 2.45) is 0 Å². The molecule has 0 atom stereocenters. The molecule has 0 unspecified atom stereocenters. The van der Waals surface area contributed by atoms with Crippen LogP contribution in [0.5, 0.6) is 11.5 Å². The first-order chi connectivity index (χ1) is 14.7. The van der Waals surface area contributed by atoms with E-state index in [1.54, 1.807) is 48.5 Å². The maximum Gasteiger partial charge on any atom is 0.204 e. The SMILES string of the molecule is CC(C)(O)C(=O)c1ccc(Oc2ccc(C(=O)c3sc4ccccc4c3Cl)cc2)cc1. The van der Waals surface area contributed by atoms with Crippen molar-refractivity contribution >= 4 is 44.6 Å². The van der Waals surface area contributed by atoms with Crippen molar-refractivity contribution in [3.8, 4) is 11.5 Å². The Balaban J connectivity index is 1.50. The largest absolute Gasteiger partial charge is 0.457 e. The van der Waals surface area contributed by atoms with E-state index in [2.05, 4.69) is 0 Å². The first kappa shape index (κ1) is 21.2. The number of ether oxygens (including phenoxy) is 1. The van der Waals surface area contributed by atoms with Crippen LogP contribution < -0.4 is 4.74 Å². The third kappa shape index (κ3) is 4.39. The topological polar surface area (TPSA) is 63.6 Å². The van der Waals surface area contributed by atoms with Gasteiger partial charge in [0.05, 0.1) is 9.90 Å². The summed E-state index contributed by atoms with van der Waals surface area (Å²) in [6.45, 7) is 2.91. The van der Waals surface area contributed by atoms with E-state index >= 15 is 0 Å². The predicted octanol–water partition coefficient (Wildman–Crippen LogP) is 6.53. The minimum Gasteiger partial charge on any atom is -0.457 e. The van der Waals surface area contributed by atoms with Crippen LogP contribution in [0.3, 0.4) is 0 Å². The highest BCUT2D eigenvalue weighted by Crippen LogP contribution is 2.36. The minimum atomic E-state index is -1.43. The third-order valence-electron chi connectivity index (χ3n) is 4.77. The number of carbonyl (C=O) groups is 2. The van der Waals surface area contributed by atoms with Crippen molar-refractivity contribution < 1.29 is 19.4 Å². The first-order valence-corrected chi connectivity index (χ1v) is 10.8. The molecule has 0 fully saturated rings. The van der Waals surface area contributed by atoms with Crippen molar-refractivity contribution in [1.82, 2.24) is 0 Å². The zero-order valence-electron chi connectivity index (χ0n) is 16.9. The lowest BCUT2D eigenvalue weighted by Gasteiger charge is -2.15. The number of Topliss-reactive ketones (excluding diaryl/α,β-unsaturated/α-hetero) is 1. The minimum absolute atomic E-state index is 0.132. The Hall–Kier alpha value is -2.99. The Morgan fingerprint density at radius 2 is 1.42 bits per heavy atom. The van der Waals surface area contributed by atoms with E-state index in [0.717, 1.165) is 10.1 Å². The summed E-state index contributed by atoms with van der Waals surface area (Å²) in [6, 6.07) is 21.0. The molecule has 6 heteroatoms. The monoisotopic (exact) mass is 450 g/mol. The molecule has 0 saturated heterocycles. The van der Waals surface area contributed by atoms with Crippen LogP contribution in [0.15, 0.2) is 72.8 Å². The summed E-state index contributed by atoms with van der Waals surface area (Å²) in [5.41, 5.74) is -0.505. The molecule has 4 rings (SSSR count). The lowest BCUT2D eigenvalue weighted by Crippen LogP contribution is -2.30. The van der Waals surface area contributed by atoms with Gasteiger partial charge in [-0.25, -0.2) is 0 Å². The molecule has 0 saturated carbocycles. The zero-order chi connectivity index (χ0) is 22.2. The van der Waals surface area contributed by atoms with Crippen molar-refractivity contribution in [2.75, 3.05) is 0 Å². The lowest BCUT2D eigenvalue weighted by atomic mass is 9.97. The standard InChI is InChI=1S/C25H19ClO4S/c1-25(2,29)24(28)16-9-13-18(14-10-16)30-17-11-7-15(8-12-17)22(27)23-21(26)19-5-3-4-6-20(19)31-23/h3-14,29H,1-2H3. The van der Waals surface area contributed by atoms with Crippen molar-refractivity contribution in [3.63, 3.8) is 0 Å². The molecule has 1 heterocycles. The Labute approximate surface area is 188 Å². The van der Waals surface area contributed by atoms with Crippen LogP contribution in [-0.4, -0.2) is 22.3 Å². The summed E-state index contributed by atoms with van der Waals surface area (Å²) in [5.74, 6) is 0.605. The molecule has 0 aliphatic carbocycles. The van der Waals surface area contributed by atoms with Crippen molar-refractivity contribution in [1.29, 1.82) is 0 Å². The molecule has 0 amide bonds. The average molecular weight is 451 g/mol. The summed E-state index contributed by atoms with van der Waals surface area (Å²) >= 11 is 7.81. The van der Waals surface area contributed by atoms with E-state index < -0.39 is 5.60 Å². The van der Waals surface area contributed by atoms with Gasteiger partial charge in [0.25, 0.3) is 0 Å². The van der Waals surface area contributed by atoms with E-state index in [9.17, 15) is 14.7 Å². The molecule has 0 radical (unpaired) electrons. The highest BCUT2D eigenvalue weighted by molar-refractivity contribution is 7.21. The highest BCUT2D eigenvalue weighted by Gasteiger charge is 2.25. The highest BCUT2D eigenvalue weighted by atomic mass is 35.5. The second kappa shape index (κ2) is 8.27. The number of ketones is 2. The average Bonchev–Trinajstić information content (AvgIpc) is 3.10. The van der Waals surface area contributed by atoms with Crippen molar-refractivity contribution in [2.45, 2.75) is 19.4 Å². The fourth-order valence-electron chi connectivity index (χ4n) is 3.13. The number of halogens is 1. The van der Waals surface area contributed by atoms with Gasteiger partial charge >= 0.3 is 0 Å². The van der Waals surface area contributed by atoms with Gasteiger partial charge in [-0.05, 0) is 68.4 Å². The van der Waals surface area contributed by atoms with Crippen LogP contribution in [0.25, 0.3) is 10.1 Å². The molecule has 0 aliphatic heterocycles. The summed E-state index contributed by atoms with van der Waals surface area (Å²) in [4.78, 5) is 25.5. The second-order valence-corrected chi connectivity index (χ2v) is 9.04. The van der Waals surface area contributed by atoms with Gasteiger partial charge in [0.1, 0.15) is 17.1 Å². The van der Waals surface area contributed by atoms with E-state index in [1.165, 1.54) is 25.2 Å². The second-order valence-electron chi connectivity index (χ2n) is 7.61. The molecule has 4 aromatic rings. The van der Waals surface area contributed by atoms with Gasteiger partial charge in [-0.2, -0.15) is 0 Å². The van der Waals surface area contributed by atoms with Gasteiger partial charge in [-0.15, -0.1) is 11.3 Å². The maximum atomic E-state index is 12.9. The van der Waals surface area contributed by atoms with Gasteiger partial charge in [0.2, 0.25) is 5.78 Å². The maximum absolute atomic E-state index is 12.9. The van der Waals surface area contributed by atoms with E-state index in [0.29, 0.717) is 32.5 Å². The fraction of sp³-hybridized carbons (Fsp3) is 0.120. The predicted molar refractivity (Wildman–Crippen MR) is 124 cm³/mol. The Morgan fingerprint density at radius 3 is 1.97 bits per heavy atom. The number of hydrogen-bond donors (Lipinski definition) is 1. The number of fused-ring (bicyclic) bond motifs is 1. The van der Waals surface area contributed by atoms with Crippen LogP contribution in [0.2, 0.25) is 5.02 Å². The number of hydrogen-bond acceptors (Lipinski definition) is 5. The smallest absolute Gasteiger partial charge is 0.204 e. The van der Waals surface area contributed by atoms with Crippen LogP contribution in [0, 0.1) is 0 Å². The van der Waals surface area contributed by atoms with E-state index in [1.807, 2.05) is 24.3 Å². The molecule has 4 nitrogen and oxygen atoms in total. The summed E-state index contributed by atoms with van der Waals surface area (Å²) < 4.78 is 6.78. The summed E-state index contributed by atoms with van der Waals surface area (Å²) in [6.07, 6.45) is 0. The molecule has 156 valence electrons. The normalized spacial score (nSPS) is 11.5. The molecule has 31 heavy (non-hydrogen) atoms. The van der Waals surface area contributed by atoms with Crippen LogP contribution in [-0.2, 0) is 0 Å². The lowest BCUT2D eigenvalue weighted by molar-refractivity contribution is 0.0488. The molecule has 0 spiro atoms. The molecule has 3 aromatic carbocycles. The zero-order valence-corrected chi connectivity index (χ0v) is 18.5. The Kier molecular flexibility index (Phi) is 5.67. The molecule has 1 aromatic heterocycles. The third-order valence-corrected chi connectivity index (χ3v) is 6.44. The van der Waals surface area contributed by atoms with Gasteiger partial charge in [-0.1, -0.05) is 29.8 Å². The van der Waals surface area contributed by atoms with Crippen LogP contribution >= 0.6 is 22.9 Å². The Bertz CT molecular complexity index is 1270. The first-order valence-electron chi connectivity index (χ1n) is 9.61. The number of carbonyl (C=O) groups excluding carboxylic acids is 2. The Morgan fingerprint density at radius 1 is 0.871 bits per heavy atom. The molecular formula is C25H19ClO4S. The molecule has 1 N–H and O–H groups in total. The molecule has 0 bridgehead atoms. The molecular weight excluding hydrogens is 432 g/mol. The fourth-order valence-corrected chi connectivity index (χ4v) is 4.61. The van der Waals surface area contributed by atoms with Gasteiger partial charge < -0.3 is 9.84 Å². The van der Waals surface area contributed by atoms with Crippen LogP contribution in [0.4, 0.5) is 0 Å². The van der Waals surface area contributed by atoms with Crippen LogP contribution in [0.1, 0.15) is 39.4 Å². The van der Waals surface area contributed by atoms with Gasteiger partial charge in [0.15, 0.2) is 5.78 Å².